The van der Waals surface area contributed by atoms with Crippen molar-refractivity contribution in [3.8, 4) is 0 Å². The Labute approximate surface area is 136 Å². The summed E-state index contributed by atoms with van der Waals surface area (Å²) in [6.45, 7) is 0.751. The van der Waals surface area contributed by atoms with Crippen LogP contribution in [-0.2, 0) is 6.54 Å². The van der Waals surface area contributed by atoms with Gasteiger partial charge >= 0.3 is 0 Å². The fourth-order valence-electron chi connectivity index (χ4n) is 2.41. The van der Waals surface area contributed by atoms with Crippen molar-refractivity contribution >= 4 is 30.6 Å². The molecule has 0 unspecified atom stereocenters. The van der Waals surface area contributed by atoms with E-state index in [0.717, 1.165) is 36.6 Å². The summed E-state index contributed by atoms with van der Waals surface area (Å²) >= 11 is 0. The maximum Gasteiger partial charge on any atom is 0.132 e. The lowest BCUT2D eigenvalue weighted by Crippen LogP contribution is -2.35. The number of halogens is 2. The Morgan fingerprint density at radius 3 is 2.71 bits per heavy atom. The summed E-state index contributed by atoms with van der Waals surface area (Å²) in [4.78, 5) is 10.8. The highest BCUT2D eigenvalue weighted by atomic mass is 35.5. The minimum atomic E-state index is 0. The highest BCUT2D eigenvalue weighted by Gasteiger charge is 2.28. The third-order valence-corrected chi connectivity index (χ3v) is 3.62. The van der Waals surface area contributed by atoms with Crippen molar-refractivity contribution in [3.05, 3.63) is 36.0 Å². The molecule has 1 fully saturated rings. The Bertz CT molecular complexity index is 541. The number of nitrogens with one attached hydrogen (secondary N) is 1. The van der Waals surface area contributed by atoms with Crippen molar-refractivity contribution in [2.45, 2.75) is 31.3 Å². The molecule has 0 atom stereocenters. The van der Waals surface area contributed by atoms with Crippen molar-refractivity contribution in [3.63, 3.8) is 0 Å². The van der Waals surface area contributed by atoms with Crippen LogP contribution in [0.25, 0.3) is 0 Å². The molecule has 0 radical (unpaired) electrons. The van der Waals surface area contributed by atoms with Gasteiger partial charge in [0.25, 0.3) is 0 Å². The van der Waals surface area contributed by atoms with E-state index in [0.29, 0.717) is 12.0 Å². The molecule has 0 amide bonds. The number of aromatic nitrogens is 4. The minimum absolute atomic E-state index is 0. The number of aromatic amines is 1. The average Bonchev–Trinajstić information content (AvgIpc) is 2.88. The van der Waals surface area contributed by atoms with Gasteiger partial charge in [0.2, 0.25) is 0 Å². The number of H-pyrrole nitrogens is 1. The van der Waals surface area contributed by atoms with Crippen molar-refractivity contribution in [2.75, 3.05) is 11.9 Å². The number of nitrogens with zero attached hydrogens (tertiary/aromatic N) is 4. The van der Waals surface area contributed by atoms with Crippen molar-refractivity contribution in [1.29, 1.82) is 0 Å². The van der Waals surface area contributed by atoms with E-state index in [2.05, 4.69) is 31.1 Å². The maximum atomic E-state index is 5.83. The van der Waals surface area contributed by atoms with Crippen LogP contribution in [0, 0.1) is 0 Å². The molecule has 2 aromatic rings. The zero-order valence-electron chi connectivity index (χ0n) is 11.8. The van der Waals surface area contributed by atoms with Crippen LogP contribution in [0.3, 0.4) is 0 Å². The zero-order chi connectivity index (χ0) is 13.2. The molecule has 1 saturated carbocycles. The molecule has 1 aliphatic rings. The summed E-state index contributed by atoms with van der Waals surface area (Å²) in [5.41, 5.74) is 7.99. The summed E-state index contributed by atoms with van der Waals surface area (Å²) in [6.07, 6.45) is 5.45. The molecule has 0 saturated heterocycles. The molecule has 6 nitrogen and oxygen atoms in total. The largest absolute Gasteiger partial charge is 0.354 e. The van der Waals surface area contributed by atoms with Gasteiger partial charge in [0.15, 0.2) is 0 Å². The molecule has 116 valence electrons. The second-order valence-corrected chi connectivity index (χ2v) is 5.17. The van der Waals surface area contributed by atoms with E-state index in [9.17, 15) is 0 Å². The Hall–Kier alpha value is -1.37. The lowest BCUT2D eigenvalue weighted by molar-refractivity contribution is 0.345. The van der Waals surface area contributed by atoms with Crippen LogP contribution < -0.4 is 10.6 Å². The molecule has 1 aliphatic carbocycles. The smallest absolute Gasteiger partial charge is 0.132 e. The first-order valence-electron chi connectivity index (χ1n) is 6.49. The number of hydrogen-bond acceptors (Lipinski definition) is 5. The maximum absolute atomic E-state index is 5.83. The predicted octanol–water partition coefficient (Wildman–Crippen LogP) is 1.88. The van der Waals surface area contributed by atoms with Crippen molar-refractivity contribution < 1.29 is 0 Å². The zero-order valence-corrected chi connectivity index (χ0v) is 13.4. The standard InChI is InChI=1S/C13H18N6.2ClH/c1-19(7-11-2-3-17-18-11)13-6-12(15-8-16-13)9-4-10(14)5-9;;/h2-3,6,8-10H,4-5,7,14H2,1H3,(H,17,18);2*1H. The van der Waals surface area contributed by atoms with Gasteiger partial charge in [0, 0.05) is 37.0 Å². The fraction of sp³-hybridized carbons (Fsp3) is 0.462. The SMILES string of the molecule is CN(Cc1ccn[nH]1)c1cc(C2CC(N)C2)ncn1.Cl.Cl. The lowest BCUT2D eigenvalue weighted by Gasteiger charge is -2.32. The van der Waals surface area contributed by atoms with Gasteiger partial charge < -0.3 is 10.6 Å². The summed E-state index contributed by atoms with van der Waals surface area (Å²) in [6, 6.07) is 4.36. The van der Waals surface area contributed by atoms with E-state index in [-0.39, 0.29) is 24.8 Å². The van der Waals surface area contributed by atoms with Gasteiger partial charge in [-0.1, -0.05) is 0 Å². The van der Waals surface area contributed by atoms with Gasteiger partial charge in [-0.15, -0.1) is 24.8 Å². The molecule has 8 heteroatoms. The Morgan fingerprint density at radius 2 is 2.10 bits per heavy atom. The lowest BCUT2D eigenvalue weighted by atomic mass is 9.78. The highest BCUT2D eigenvalue weighted by Crippen LogP contribution is 2.35. The van der Waals surface area contributed by atoms with Gasteiger partial charge in [-0.05, 0) is 18.9 Å². The number of rotatable bonds is 4. The molecule has 2 heterocycles. The molecule has 0 aromatic carbocycles. The molecule has 3 N–H and O–H groups in total. The van der Waals surface area contributed by atoms with Crippen LogP contribution in [-0.4, -0.2) is 33.3 Å². The molecule has 0 bridgehead atoms. The van der Waals surface area contributed by atoms with Gasteiger partial charge in [0.05, 0.1) is 12.2 Å². The van der Waals surface area contributed by atoms with Crippen LogP contribution in [0.1, 0.15) is 30.1 Å². The van der Waals surface area contributed by atoms with Gasteiger partial charge in [-0.2, -0.15) is 5.10 Å². The highest BCUT2D eigenvalue weighted by molar-refractivity contribution is 5.85. The van der Waals surface area contributed by atoms with Crippen LogP contribution in [0.5, 0.6) is 0 Å². The third kappa shape index (κ3) is 4.06. The predicted molar refractivity (Wildman–Crippen MR) is 87.2 cm³/mol. The molecule has 3 rings (SSSR count). The monoisotopic (exact) mass is 330 g/mol. The Morgan fingerprint density at radius 1 is 1.33 bits per heavy atom. The summed E-state index contributed by atoms with van der Waals surface area (Å²) in [7, 11) is 2.01. The average molecular weight is 331 g/mol. The van der Waals surface area contributed by atoms with E-state index >= 15 is 0 Å². The van der Waals surface area contributed by atoms with Crippen LogP contribution in [0.4, 0.5) is 5.82 Å². The molecule has 0 aliphatic heterocycles. The van der Waals surface area contributed by atoms with Crippen LogP contribution in [0.2, 0.25) is 0 Å². The first kappa shape index (κ1) is 17.7. The number of nitrogens with two attached hydrogens (primary N) is 1. The van der Waals surface area contributed by atoms with E-state index in [1.807, 2.05) is 13.1 Å². The minimum Gasteiger partial charge on any atom is -0.354 e. The summed E-state index contributed by atoms with van der Waals surface area (Å²) in [5, 5.41) is 6.90. The molecular weight excluding hydrogens is 311 g/mol. The van der Waals surface area contributed by atoms with Gasteiger partial charge in [-0.25, -0.2) is 9.97 Å². The second kappa shape index (κ2) is 7.59. The van der Waals surface area contributed by atoms with E-state index in [1.165, 1.54) is 0 Å². The topological polar surface area (TPSA) is 83.7 Å². The number of hydrogen-bond donors (Lipinski definition) is 2. The summed E-state index contributed by atoms with van der Waals surface area (Å²) < 4.78 is 0. The molecule has 2 aromatic heterocycles. The normalized spacial score (nSPS) is 19.9. The number of anilines is 1. The van der Waals surface area contributed by atoms with Gasteiger partial charge in [0.1, 0.15) is 12.1 Å². The van der Waals surface area contributed by atoms with Gasteiger partial charge in [-0.3, -0.25) is 5.10 Å². The van der Waals surface area contributed by atoms with Crippen molar-refractivity contribution in [1.82, 2.24) is 20.2 Å². The van der Waals surface area contributed by atoms with Crippen LogP contribution in [0.15, 0.2) is 24.7 Å². The Balaban J connectivity index is 0.00000110. The fourth-order valence-corrected chi connectivity index (χ4v) is 2.41. The third-order valence-electron chi connectivity index (χ3n) is 3.62. The molecule has 21 heavy (non-hydrogen) atoms. The van der Waals surface area contributed by atoms with E-state index in [4.69, 9.17) is 5.73 Å². The molecule has 0 spiro atoms. The van der Waals surface area contributed by atoms with Crippen LogP contribution >= 0.6 is 24.8 Å². The quantitative estimate of drug-likeness (QED) is 0.894. The summed E-state index contributed by atoms with van der Waals surface area (Å²) in [5.74, 6) is 1.43. The first-order valence-corrected chi connectivity index (χ1v) is 6.49. The second-order valence-electron chi connectivity index (χ2n) is 5.17. The van der Waals surface area contributed by atoms with E-state index < -0.39 is 0 Å². The molecular formula is C13H20Cl2N6. The first-order chi connectivity index (χ1) is 9.22. The Kier molecular flexibility index (Phi) is 6.39. The van der Waals surface area contributed by atoms with E-state index in [1.54, 1.807) is 12.5 Å². The van der Waals surface area contributed by atoms with Crippen molar-refractivity contribution in [2.24, 2.45) is 5.73 Å².